The Morgan fingerprint density at radius 1 is 1.24 bits per heavy atom. The molecule has 2 saturated carbocycles. The van der Waals surface area contributed by atoms with Gasteiger partial charge in [-0.25, -0.2) is 9.97 Å². The summed E-state index contributed by atoms with van der Waals surface area (Å²) in [7, 11) is 0. The Labute approximate surface area is 144 Å². The van der Waals surface area contributed by atoms with E-state index in [9.17, 15) is 13.2 Å². The van der Waals surface area contributed by atoms with E-state index in [1.807, 2.05) is 4.90 Å². The number of nitrogens with two attached hydrogens (primary N) is 1. The molecule has 3 N–H and O–H groups in total. The van der Waals surface area contributed by atoms with Crippen LogP contribution in [0, 0.1) is 10.8 Å². The number of hydrogen-bond donors (Lipinski definition) is 2. The van der Waals surface area contributed by atoms with E-state index in [4.69, 9.17) is 5.73 Å². The van der Waals surface area contributed by atoms with Gasteiger partial charge in [-0.2, -0.15) is 18.2 Å². The van der Waals surface area contributed by atoms with Crippen LogP contribution >= 0.6 is 0 Å². The van der Waals surface area contributed by atoms with E-state index < -0.39 is 11.6 Å². The number of nitrogens with one attached hydrogen (secondary N) is 1. The van der Waals surface area contributed by atoms with Gasteiger partial charge >= 0.3 is 6.18 Å². The third-order valence-corrected chi connectivity index (χ3v) is 6.27. The highest BCUT2D eigenvalue weighted by Crippen LogP contribution is 2.67. The summed E-state index contributed by atoms with van der Waals surface area (Å²) in [6, 6.07) is 0.125. The zero-order chi connectivity index (χ0) is 17.7. The van der Waals surface area contributed by atoms with Gasteiger partial charge in [-0.05, 0) is 43.9 Å². The van der Waals surface area contributed by atoms with E-state index in [0.717, 1.165) is 13.0 Å². The Hall–Kier alpha value is -1.64. The summed E-state index contributed by atoms with van der Waals surface area (Å²) in [4.78, 5) is 14.7. The molecule has 1 saturated heterocycles. The van der Waals surface area contributed by atoms with Gasteiger partial charge in [-0.15, -0.1) is 0 Å². The number of rotatable bonds is 4. The third kappa shape index (κ3) is 2.92. The second-order valence-electron chi connectivity index (χ2n) is 7.91. The highest BCUT2D eigenvalue weighted by Gasteiger charge is 2.65. The minimum Gasteiger partial charge on any atom is -0.354 e. The zero-order valence-electron chi connectivity index (χ0n) is 14.0. The minimum atomic E-state index is -4.10. The Bertz CT molecular complexity index is 641. The van der Waals surface area contributed by atoms with Gasteiger partial charge in [-0.3, -0.25) is 0 Å². The van der Waals surface area contributed by atoms with Crippen LogP contribution in [0.1, 0.15) is 38.5 Å². The molecule has 1 aliphatic heterocycles. The highest BCUT2D eigenvalue weighted by atomic mass is 19.4. The lowest BCUT2D eigenvalue weighted by molar-refractivity contribution is -0.220. The number of halogens is 3. The van der Waals surface area contributed by atoms with E-state index in [1.165, 1.54) is 6.33 Å². The van der Waals surface area contributed by atoms with Gasteiger partial charge in [0, 0.05) is 25.7 Å². The van der Waals surface area contributed by atoms with E-state index in [-0.39, 0.29) is 30.7 Å². The Morgan fingerprint density at radius 2 is 2.00 bits per heavy atom. The highest BCUT2D eigenvalue weighted by molar-refractivity contribution is 5.37. The van der Waals surface area contributed by atoms with E-state index in [1.54, 1.807) is 0 Å². The number of alkyl halides is 3. The van der Waals surface area contributed by atoms with Crippen LogP contribution < -0.4 is 16.0 Å². The first-order valence-corrected chi connectivity index (χ1v) is 8.81. The van der Waals surface area contributed by atoms with Crippen LogP contribution in [-0.4, -0.2) is 46.8 Å². The fraction of sp³-hybridized carbons (Fsp3) is 0.812. The van der Waals surface area contributed by atoms with Gasteiger partial charge in [0.2, 0.25) is 11.9 Å². The molecule has 9 heteroatoms. The van der Waals surface area contributed by atoms with Gasteiger partial charge < -0.3 is 16.0 Å². The van der Waals surface area contributed by atoms with Crippen LogP contribution in [0.2, 0.25) is 0 Å². The third-order valence-electron chi connectivity index (χ3n) is 6.27. The van der Waals surface area contributed by atoms with Crippen molar-refractivity contribution in [3.63, 3.8) is 0 Å². The fourth-order valence-corrected chi connectivity index (χ4v) is 4.71. The minimum absolute atomic E-state index is 0.125. The van der Waals surface area contributed by atoms with Crippen LogP contribution in [0.3, 0.4) is 0 Å². The van der Waals surface area contributed by atoms with Crippen LogP contribution in [0.15, 0.2) is 6.33 Å². The number of fused-ring (bicyclic) bond motifs is 2. The van der Waals surface area contributed by atoms with Crippen molar-refractivity contribution in [1.29, 1.82) is 0 Å². The monoisotopic (exact) mass is 356 g/mol. The summed E-state index contributed by atoms with van der Waals surface area (Å²) < 4.78 is 40.1. The lowest BCUT2D eigenvalue weighted by Gasteiger charge is -2.29. The van der Waals surface area contributed by atoms with Crippen LogP contribution in [0.5, 0.6) is 0 Å². The Balaban J connectivity index is 1.41. The van der Waals surface area contributed by atoms with Crippen LogP contribution in [-0.2, 0) is 0 Å². The fourth-order valence-electron chi connectivity index (χ4n) is 4.71. The first-order chi connectivity index (χ1) is 11.8. The molecular weight excluding hydrogens is 333 g/mol. The average molecular weight is 356 g/mol. The van der Waals surface area contributed by atoms with E-state index >= 15 is 0 Å². The van der Waals surface area contributed by atoms with Gasteiger partial charge in [0.1, 0.15) is 6.33 Å². The van der Waals surface area contributed by atoms with Crippen molar-refractivity contribution in [2.45, 2.75) is 50.7 Å². The van der Waals surface area contributed by atoms with Crippen molar-refractivity contribution in [2.24, 2.45) is 16.6 Å². The Kier molecular flexibility index (Phi) is 3.82. The summed E-state index contributed by atoms with van der Waals surface area (Å²) in [5.74, 6) is 1.00. The van der Waals surface area contributed by atoms with Crippen molar-refractivity contribution in [3.05, 3.63) is 6.33 Å². The maximum atomic E-state index is 13.4. The van der Waals surface area contributed by atoms with E-state index in [0.29, 0.717) is 37.8 Å². The van der Waals surface area contributed by atoms with Gasteiger partial charge in [-0.1, -0.05) is 0 Å². The van der Waals surface area contributed by atoms with Crippen LogP contribution in [0.25, 0.3) is 0 Å². The maximum absolute atomic E-state index is 13.4. The van der Waals surface area contributed by atoms with Crippen molar-refractivity contribution >= 4 is 11.9 Å². The lowest BCUT2D eigenvalue weighted by Crippen LogP contribution is -2.33. The molecule has 25 heavy (non-hydrogen) atoms. The quantitative estimate of drug-likeness (QED) is 0.862. The molecule has 1 unspecified atom stereocenters. The molecule has 0 radical (unpaired) electrons. The molecule has 1 atom stereocenters. The van der Waals surface area contributed by atoms with Crippen molar-refractivity contribution in [1.82, 2.24) is 15.0 Å². The zero-order valence-corrected chi connectivity index (χ0v) is 14.0. The molecule has 0 aromatic carbocycles. The SMILES string of the molecule is NC1CCN(c2ncnc(NCC34CCC(C(F)(F)F)(CC3)C4)n2)C1. The summed E-state index contributed by atoms with van der Waals surface area (Å²) in [5, 5.41) is 3.16. The summed E-state index contributed by atoms with van der Waals surface area (Å²) in [6.07, 6.45) is 0.164. The second-order valence-corrected chi connectivity index (χ2v) is 7.91. The van der Waals surface area contributed by atoms with Gasteiger partial charge in [0.25, 0.3) is 0 Å². The predicted molar refractivity (Wildman–Crippen MR) is 87.1 cm³/mol. The predicted octanol–water partition coefficient (Wildman–Crippen LogP) is 2.33. The first kappa shape index (κ1) is 16.8. The van der Waals surface area contributed by atoms with Gasteiger partial charge in [0.05, 0.1) is 5.41 Å². The largest absolute Gasteiger partial charge is 0.394 e. The van der Waals surface area contributed by atoms with Crippen molar-refractivity contribution in [3.8, 4) is 0 Å². The Morgan fingerprint density at radius 3 is 2.60 bits per heavy atom. The summed E-state index contributed by atoms with van der Waals surface area (Å²) in [5.41, 5.74) is 4.15. The molecule has 0 amide bonds. The molecule has 2 aliphatic carbocycles. The molecule has 3 fully saturated rings. The molecule has 0 spiro atoms. The molecule has 2 heterocycles. The first-order valence-electron chi connectivity index (χ1n) is 8.81. The molecule has 4 rings (SSSR count). The number of nitrogens with zero attached hydrogens (tertiary/aromatic N) is 4. The molecule has 6 nitrogen and oxygen atoms in total. The molecule has 1 aromatic rings. The van der Waals surface area contributed by atoms with Gasteiger partial charge in [0.15, 0.2) is 0 Å². The molecular formula is C16H23F3N6. The van der Waals surface area contributed by atoms with Crippen molar-refractivity contribution < 1.29 is 13.2 Å². The molecule has 138 valence electrons. The molecule has 1 aromatic heterocycles. The lowest BCUT2D eigenvalue weighted by atomic mass is 9.81. The average Bonchev–Trinajstić information content (AvgIpc) is 3.27. The standard InChI is InChI=1S/C16H23F3N6/c17-16(18,19)15-4-2-14(8-15,3-5-15)9-21-12-22-10-23-13(24-12)25-6-1-11(20)7-25/h10-11H,1-9,20H2,(H,21,22,23,24). The molecule has 3 aliphatic rings. The van der Waals surface area contributed by atoms with Crippen molar-refractivity contribution in [2.75, 3.05) is 29.9 Å². The number of anilines is 2. The smallest absolute Gasteiger partial charge is 0.354 e. The summed E-state index contributed by atoms with van der Waals surface area (Å²) >= 11 is 0. The number of hydrogen-bond acceptors (Lipinski definition) is 6. The molecule has 2 bridgehead atoms. The normalized spacial score (nSPS) is 34.7. The van der Waals surface area contributed by atoms with E-state index in [2.05, 4.69) is 20.3 Å². The summed E-state index contributed by atoms with van der Waals surface area (Å²) in [6.45, 7) is 2.00. The van der Waals surface area contributed by atoms with Crippen LogP contribution in [0.4, 0.5) is 25.1 Å². The maximum Gasteiger partial charge on any atom is 0.394 e. The number of aromatic nitrogens is 3. The topological polar surface area (TPSA) is 80.0 Å². The second kappa shape index (κ2) is 5.69.